The van der Waals surface area contributed by atoms with E-state index in [2.05, 4.69) is 157 Å². The summed E-state index contributed by atoms with van der Waals surface area (Å²) in [6.07, 6.45) is 0. The zero-order chi connectivity index (χ0) is 29.0. The van der Waals surface area contributed by atoms with E-state index >= 15 is 0 Å². The quantitative estimate of drug-likeness (QED) is 0.194. The van der Waals surface area contributed by atoms with Crippen LogP contribution in [0.5, 0.6) is 11.5 Å². The fourth-order valence-corrected chi connectivity index (χ4v) is 8.11. The highest BCUT2D eigenvalue weighted by atomic mass is 16.5. The highest BCUT2D eigenvalue weighted by Gasteiger charge is 2.51. The van der Waals surface area contributed by atoms with Crippen LogP contribution >= 0.6 is 0 Å². The summed E-state index contributed by atoms with van der Waals surface area (Å²) >= 11 is 0. The molecular weight excluding hydrogens is 534 g/mol. The second-order valence-electron chi connectivity index (χ2n) is 12.2. The van der Waals surface area contributed by atoms with Gasteiger partial charge < -0.3 is 9.30 Å². The number of fused-ring (bicyclic) bond motifs is 14. The van der Waals surface area contributed by atoms with Gasteiger partial charge in [-0.05, 0) is 76.3 Å². The maximum absolute atomic E-state index is 6.88. The van der Waals surface area contributed by atoms with Gasteiger partial charge in [0.15, 0.2) is 0 Å². The normalized spacial score (nSPS) is 13.9. The van der Waals surface area contributed by atoms with E-state index in [0.717, 1.165) is 17.2 Å². The van der Waals surface area contributed by atoms with Crippen molar-refractivity contribution in [3.63, 3.8) is 0 Å². The van der Waals surface area contributed by atoms with E-state index in [0.29, 0.717) is 0 Å². The lowest BCUT2D eigenvalue weighted by Crippen LogP contribution is -2.32. The summed E-state index contributed by atoms with van der Waals surface area (Å²) in [6, 6.07) is 53.3. The van der Waals surface area contributed by atoms with Crippen molar-refractivity contribution in [2.45, 2.75) is 12.3 Å². The average Bonchev–Trinajstić information content (AvgIpc) is 3.55. The third-order valence-electron chi connectivity index (χ3n) is 9.92. The monoisotopic (exact) mass is 561 g/mol. The number of aryl methyl sites for hydroxylation is 1. The Morgan fingerprint density at radius 3 is 1.93 bits per heavy atom. The van der Waals surface area contributed by atoms with Crippen LogP contribution in [-0.2, 0) is 5.41 Å². The van der Waals surface area contributed by atoms with Crippen molar-refractivity contribution in [1.29, 1.82) is 0 Å². The molecule has 0 N–H and O–H groups in total. The van der Waals surface area contributed by atoms with Crippen LogP contribution in [0.3, 0.4) is 0 Å². The van der Waals surface area contributed by atoms with E-state index in [9.17, 15) is 0 Å². The summed E-state index contributed by atoms with van der Waals surface area (Å²) in [6.45, 7) is 2.15. The summed E-state index contributed by atoms with van der Waals surface area (Å²) in [4.78, 5) is 0. The Bertz CT molecular complexity index is 2430. The van der Waals surface area contributed by atoms with Crippen LogP contribution in [0, 0.1) is 6.92 Å². The first kappa shape index (κ1) is 23.9. The number of benzene rings is 7. The minimum absolute atomic E-state index is 0.498. The standard InChI is InChI=1S/C42H27NO/c1-26-18-21-28(22-19-26)43-37-23-20-27-10-2-3-11-29(27)41(37)32-24-40-36(25-38(32)43)42(35-16-8-9-17-39(35)44-40)33-14-6-4-12-30(33)31-13-5-7-15-34(31)42/h2-25H,1H3. The molecule has 0 radical (unpaired) electrons. The fourth-order valence-electron chi connectivity index (χ4n) is 8.11. The van der Waals surface area contributed by atoms with Crippen molar-refractivity contribution >= 4 is 32.6 Å². The number of hydrogen-bond donors (Lipinski definition) is 0. The fraction of sp³-hybridized carbons (Fsp3) is 0.0476. The van der Waals surface area contributed by atoms with Crippen LogP contribution in [0.15, 0.2) is 146 Å². The lowest BCUT2D eigenvalue weighted by molar-refractivity contribution is 0.437. The molecule has 0 bridgehead atoms. The van der Waals surface area contributed by atoms with Crippen molar-refractivity contribution in [1.82, 2.24) is 4.57 Å². The topological polar surface area (TPSA) is 14.2 Å². The van der Waals surface area contributed by atoms with Gasteiger partial charge in [-0.3, -0.25) is 0 Å². The van der Waals surface area contributed by atoms with Gasteiger partial charge in [0.1, 0.15) is 11.5 Å². The third-order valence-corrected chi connectivity index (χ3v) is 9.92. The van der Waals surface area contributed by atoms with Gasteiger partial charge in [-0.2, -0.15) is 0 Å². The number of nitrogens with zero attached hydrogens (tertiary/aromatic N) is 1. The molecule has 0 saturated carbocycles. The van der Waals surface area contributed by atoms with Crippen LogP contribution < -0.4 is 4.74 Å². The highest BCUT2D eigenvalue weighted by Crippen LogP contribution is 2.62. The first-order valence-electron chi connectivity index (χ1n) is 15.3. The van der Waals surface area contributed by atoms with E-state index in [-0.39, 0.29) is 0 Å². The minimum Gasteiger partial charge on any atom is -0.457 e. The van der Waals surface area contributed by atoms with Crippen LogP contribution in [0.4, 0.5) is 0 Å². The summed E-state index contributed by atoms with van der Waals surface area (Å²) in [5.74, 6) is 1.83. The molecule has 7 aromatic carbocycles. The molecule has 1 spiro atoms. The molecule has 0 amide bonds. The number of hydrogen-bond acceptors (Lipinski definition) is 1. The van der Waals surface area contributed by atoms with Crippen LogP contribution in [0.1, 0.15) is 27.8 Å². The maximum Gasteiger partial charge on any atom is 0.133 e. The molecule has 0 atom stereocenters. The number of rotatable bonds is 1. The first-order chi connectivity index (χ1) is 21.7. The molecule has 0 unspecified atom stereocenters. The molecule has 0 saturated heterocycles. The maximum atomic E-state index is 6.88. The second kappa shape index (κ2) is 8.49. The summed E-state index contributed by atoms with van der Waals surface area (Å²) in [5.41, 5.74) is 11.8. The van der Waals surface area contributed by atoms with Gasteiger partial charge in [-0.15, -0.1) is 0 Å². The number of aromatic nitrogens is 1. The molecule has 206 valence electrons. The highest BCUT2D eigenvalue weighted by molar-refractivity contribution is 6.22. The van der Waals surface area contributed by atoms with Crippen LogP contribution in [0.2, 0.25) is 0 Å². The number of para-hydroxylation sites is 1. The Kier molecular flexibility index (Phi) is 4.61. The van der Waals surface area contributed by atoms with Crippen LogP contribution in [0.25, 0.3) is 49.4 Å². The Morgan fingerprint density at radius 1 is 0.500 bits per heavy atom. The zero-order valence-electron chi connectivity index (χ0n) is 24.2. The molecule has 8 aromatic rings. The Labute approximate surface area is 255 Å². The van der Waals surface area contributed by atoms with Gasteiger partial charge >= 0.3 is 0 Å². The largest absolute Gasteiger partial charge is 0.457 e. The average molecular weight is 562 g/mol. The second-order valence-corrected chi connectivity index (χ2v) is 12.2. The molecule has 2 nitrogen and oxygen atoms in total. The van der Waals surface area contributed by atoms with Crippen molar-refractivity contribution in [3.05, 3.63) is 173 Å². The lowest BCUT2D eigenvalue weighted by Gasteiger charge is -2.39. The van der Waals surface area contributed by atoms with E-state index < -0.39 is 5.41 Å². The predicted molar refractivity (Wildman–Crippen MR) is 180 cm³/mol. The molecule has 2 aliphatic rings. The molecule has 2 heteroatoms. The minimum atomic E-state index is -0.498. The van der Waals surface area contributed by atoms with E-state index in [1.54, 1.807) is 0 Å². The van der Waals surface area contributed by atoms with E-state index in [4.69, 9.17) is 4.74 Å². The van der Waals surface area contributed by atoms with Gasteiger partial charge in [0.05, 0.1) is 16.4 Å². The molecule has 10 rings (SSSR count). The molecule has 1 aliphatic heterocycles. The first-order valence-corrected chi connectivity index (χ1v) is 15.3. The van der Waals surface area contributed by atoms with Gasteiger partial charge in [0.2, 0.25) is 0 Å². The molecular formula is C42H27NO. The molecule has 1 aliphatic carbocycles. The third kappa shape index (κ3) is 2.90. The van der Waals surface area contributed by atoms with E-state index in [1.807, 2.05) is 0 Å². The van der Waals surface area contributed by atoms with Gasteiger partial charge in [0, 0.05) is 27.6 Å². The lowest BCUT2D eigenvalue weighted by atomic mass is 9.66. The summed E-state index contributed by atoms with van der Waals surface area (Å²) in [5, 5.41) is 4.95. The van der Waals surface area contributed by atoms with Crippen molar-refractivity contribution in [2.24, 2.45) is 0 Å². The van der Waals surface area contributed by atoms with Gasteiger partial charge in [0.25, 0.3) is 0 Å². The summed E-state index contributed by atoms with van der Waals surface area (Å²) < 4.78 is 9.33. The van der Waals surface area contributed by atoms with Crippen molar-refractivity contribution in [2.75, 3.05) is 0 Å². The van der Waals surface area contributed by atoms with Crippen LogP contribution in [-0.4, -0.2) is 4.57 Å². The zero-order valence-corrected chi connectivity index (χ0v) is 24.2. The molecule has 44 heavy (non-hydrogen) atoms. The Morgan fingerprint density at radius 2 is 1.16 bits per heavy atom. The Hall–Kier alpha value is -5.60. The SMILES string of the molecule is Cc1ccc(-n2c3cc4c(cc3c3c5ccccc5ccc32)Oc2ccccc2C42c3ccccc3-c3ccccc32)cc1. The van der Waals surface area contributed by atoms with Crippen molar-refractivity contribution < 1.29 is 4.74 Å². The van der Waals surface area contributed by atoms with Crippen molar-refractivity contribution in [3.8, 4) is 28.3 Å². The Balaban J connectivity index is 1.42. The van der Waals surface area contributed by atoms with E-state index in [1.165, 1.54) is 71.5 Å². The smallest absolute Gasteiger partial charge is 0.133 e. The number of ether oxygens (including phenoxy) is 1. The molecule has 1 aromatic heterocycles. The predicted octanol–water partition coefficient (Wildman–Crippen LogP) is 10.7. The molecule has 2 heterocycles. The van der Waals surface area contributed by atoms with Gasteiger partial charge in [-0.25, -0.2) is 0 Å². The summed E-state index contributed by atoms with van der Waals surface area (Å²) in [7, 11) is 0. The molecule has 0 fully saturated rings. The van der Waals surface area contributed by atoms with Gasteiger partial charge in [-0.1, -0.05) is 115 Å².